The maximum absolute atomic E-state index is 11.7. The standard InChI is InChI=1S/C11H15ClN2O3/c1-3-6(2)9(11(16)17)14-10(15)8-4-7(12)5-13-8/h4-6,9,13H,3H2,1-2H3,(H,14,15)(H,16,17)/t6-,9-/m0/s1. The molecule has 1 aromatic rings. The molecule has 0 aliphatic rings. The van der Waals surface area contributed by atoms with Gasteiger partial charge >= 0.3 is 5.97 Å². The maximum Gasteiger partial charge on any atom is 0.326 e. The van der Waals surface area contributed by atoms with Crippen molar-refractivity contribution in [1.29, 1.82) is 0 Å². The number of hydrogen-bond donors (Lipinski definition) is 3. The van der Waals surface area contributed by atoms with Crippen molar-refractivity contribution in [3.05, 3.63) is 23.0 Å². The van der Waals surface area contributed by atoms with Gasteiger partial charge in [0.05, 0.1) is 5.02 Å². The topological polar surface area (TPSA) is 82.2 Å². The van der Waals surface area contributed by atoms with Gasteiger partial charge in [-0.2, -0.15) is 0 Å². The van der Waals surface area contributed by atoms with E-state index < -0.39 is 17.9 Å². The van der Waals surface area contributed by atoms with Gasteiger partial charge in [-0.25, -0.2) is 4.79 Å². The van der Waals surface area contributed by atoms with E-state index in [1.54, 1.807) is 6.92 Å². The van der Waals surface area contributed by atoms with Crippen molar-refractivity contribution in [3.63, 3.8) is 0 Å². The molecule has 17 heavy (non-hydrogen) atoms. The Bertz CT molecular complexity index is 417. The average Bonchev–Trinajstić information content (AvgIpc) is 2.71. The molecule has 0 aromatic carbocycles. The van der Waals surface area contributed by atoms with E-state index in [0.29, 0.717) is 11.4 Å². The third-order valence-corrected chi connectivity index (χ3v) is 2.88. The number of hydrogen-bond acceptors (Lipinski definition) is 2. The molecule has 0 radical (unpaired) electrons. The van der Waals surface area contributed by atoms with E-state index in [9.17, 15) is 9.59 Å². The number of amides is 1. The summed E-state index contributed by atoms with van der Waals surface area (Å²) in [4.78, 5) is 25.4. The van der Waals surface area contributed by atoms with Crippen LogP contribution in [0.3, 0.4) is 0 Å². The zero-order chi connectivity index (χ0) is 13.0. The molecule has 3 N–H and O–H groups in total. The van der Waals surface area contributed by atoms with Crippen LogP contribution >= 0.6 is 11.6 Å². The zero-order valence-electron chi connectivity index (χ0n) is 9.66. The lowest BCUT2D eigenvalue weighted by Gasteiger charge is -2.19. The second-order valence-corrected chi connectivity index (χ2v) is 4.34. The van der Waals surface area contributed by atoms with E-state index in [1.165, 1.54) is 12.3 Å². The Labute approximate surface area is 104 Å². The van der Waals surface area contributed by atoms with Crippen molar-refractivity contribution in [1.82, 2.24) is 10.3 Å². The predicted molar refractivity (Wildman–Crippen MR) is 64.1 cm³/mol. The molecule has 5 nitrogen and oxygen atoms in total. The summed E-state index contributed by atoms with van der Waals surface area (Å²) >= 11 is 5.67. The Morgan fingerprint density at radius 2 is 2.24 bits per heavy atom. The molecule has 0 saturated heterocycles. The van der Waals surface area contributed by atoms with Gasteiger partial charge in [-0.1, -0.05) is 31.9 Å². The van der Waals surface area contributed by atoms with Gasteiger partial charge in [-0.15, -0.1) is 0 Å². The highest BCUT2D eigenvalue weighted by atomic mass is 35.5. The van der Waals surface area contributed by atoms with Crippen LogP contribution in [0.2, 0.25) is 5.02 Å². The molecule has 1 aromatic heterocycles. The number of carbonyl (C=O) groups excluding carboxylic acids is 1. The van der Waals surface area contributed by atoms with Gasteiger partial charge in [-0.05, 0) is 12.0 Å². The van der Waals surface area contributed by atoms with Crippen LogP contribution in [0.1, 0.15) is 30.8 Å². The maximum atomic E-state index is 11.7. The van der Waals surface area contributed by atoms with E-state index >= 15 is 0 Å². The highest BCUT2D eigenvalue weighted by Crippen LogP contribution is 2.12. The van der Waals surface area contributed by atoms with Gasteiger partial charge < -0.3 is 15.4 Å². The molecule has 0 unspecified atom stereocenters. The molecule has 1 amide bonds. The summed E-state index contributed by atoms with van der Waals surface area (Å²) in [6, 6.07) is 0.557. The molecule has 0 aliphatic carbocycles. The number of carboxylic acids is 1. The lowest BCUT2D eigenvalue weighted by atomic mass is 9.99. The molecule has 2 atom stereocenters. The predicted octanol–water partition coefficient (Wildman–Crippen LogP) is 1.90. The van der Waals surface area contributed by atoms with Crippen LogP contribution in [0.4, 0.5) is 0 Å². The average molecular weight is 259 g/mol. The molecule has 1 rings (SSSR count). The molecule has 1 heterocycles. The highest BCUT2D eigenvalue weighted by Gasteiger charge is 2.26. The number of H-pyrrole nitrogens is 1. The minimum absolute atomic E-state index is 0.137. The molecular weight excluding hydrogens is 244 g/mol. The van der Waals surface area contributed by atoms with E-state index in [0.717, 1.165) is 0 Å². The Kier molecular flexibility index (Phi) is 4.57. The van der Waals surface area contributed by atoms with E-state index in [2.05, 4.69) is 10.3 Å². The number of carboxylic acid groups (broad SMARTS) is 1. The van der Waals surface area contributed by atoms with Crippen LogP contribution in [-0.2, 0) is 4.79 Å². The lowest BCUT2D eigenvalue weighted by molar-refractivity contribution is -0.140. The minimum atomic E-state index is -1.04. The van der Waals surface area contributed by atoms with Crippen LogP contribution in [0.15, 0.2) is 12.3 Å². The summed E-state index contributed by atoms with van der Waals surface area (Å²) in [5, 5.41) is 11.9. The van der Waals surface area contributed by atoms with Crippen LogP contribution in [-0.4, -0.2) is 28.0 Å². The second kappa shape index (κ2) is 5.72. The number of aromatic amines is 1. The Morgan fingerprint density at radius 1 is 1.59 bits per heavy atom. The molecule has 0 aliphatic heterocycles. The van der Waals surface area contributed by atoms with E-state index in [-0.39, 0.29) is 11.6 Å². The van der Waals surface area contributed by atoms with Gasteiger partial charge in [0.25, 0.3) is 5.91 Å². The fraction of sp³-hybridized carbons (Fsp3) is 0.455. The third kappa shape index (κ3) is 3.49. The summed E-state index contributed by atoms with van der Waals surface area (Å²) in [5.41, 5.74) is 0.254. The summed E-state index contributed by atoms with van der Waals surface area (Å²) in [6.45, 7) is 3.65. The molecule has 94 valence electrons. The first kappa shape index (κ1) is 13.6. The number of aliphatic carboxylic acids is 1. The summed E-state index contributed by atoms with van der Waals surface area (Å²) in [7, 11) is 0. The quantitative estimate of drug-likeness (QED) is 0.754. The zero-order valence-corrected chi connectivity index (χ0v) is 10.4. The van der Waals surface area contributed by atoms with Crippen LogP contribution in [0.25, 0.3) is 0 Å². The fourth-order valence-electron chi connectivity index (χ4n) is 1.40. The van der Waals surface area contributed by atoms with Crippen molar-refractivity contribution in [3.8, 4) is 0 Å². The minimum Gasteiger partial charge on any atom is -0.480 e. The summed E-state index contributed by atoms with van der Waals surface area (Å²) in [6.07, 6.45) is 2.14. The van der Waals surface area contributed by atoms with E-state index in [1.807, 2.05) is 6.92 Å². The van der Waals surface area contributed by atoms with Gasteiger partial charge in [0.15, 0.2) is 0 Å². The van der Waals surface area contributed by atoms with Crippen molar-refractivity contribution < 1.29 is 14.7 Å². The highest BCUT2D eigenvalue weighted by molar-refractivity contribution is 6.30. The van der Waals surface area contributed by atoms with Crippen molar-refractivity contribution in [2.75, 3.05) is 0 Å². The summed E-state index contributed by atoms with van der Waals surface area (Å²) < 4.78 is 0. The van der Waals surface area contributed by atoms with Crippen molar-refractivity contribution >= 4 is 23.5 Å². The number of nitrogens with one attached hydrogen (secondary N) is 2. The molecular formula is C11H15ClN2O3. The first-order valence-corrected chi connectivity index (χ1v) is 5.71. The smallest absolute Gasteiger partial charge is 0.326 e. The molecule has 0 fully saturated rings. The number of carbonyl (C=O) groups is 2. The molecule has 6 heteroatoms. The van der Waals surface area contributed by atoms with E-state index in [4.69, 9.17) is 16.7 Å². The summed E-state index contributed by atoms with van der Waals surface area (Å²) in [5.74, 6) is -1.64. The normalized spacial score (nSPS) is 14.1. The van der Waals surface area contributed by atoms with Crippen LogP contribution < -0.4 is 5.32 Å². The van der Waals surface area contributed by atoms with Crippen molar-refractivity contribution in [2.24, 2.45) is 5.92 Å². The lowest BCUT2D eigenvalue weighted by Crippen LogP contribution is -2.45. The number of halogens is 1. The third-order valence-electron chi connectivity index (χ3n) is 2.66. The monoisotopic (exact) mass is 258 g/mol. The van der Waals surface area contributed by atoms with Gasteiger partial charge in [0.2, 0.25) is 0 Å². The molecule has 0 bridgehead atoms. The largest absolute Gasteiger partial charge is 0.480 e. The van der Waals surface area contributed by atoms with Crippen LogP contribution in [0.5, 0.6) is 0 Å². The van der Waals surface area contributed by atoms with Crippen molar-refractivity contribution in [2.45, 2.75) is 26.3 Å². The number of rotatable bonds is 5. The Morgan fingerprint density at radius 3 is 2.65 bits per heavy atom. The molecule has 0 spiro atoms. The first-order valence-electron chi connectivity index (χ1n) is 5.33. The van der Waals surface area contributed by atoms with Gasteiger partial charge in [-0.3, -0.25) is 4.79 Å². The Balaban J connectivity index is 2.74. The SMILES string of the molecule is CC[C@H](C)[C@H](NC(=O)c1cc(Cl)c[nH]1)C(=O)O. The fourth-order valence-corrected chi connectivity index (χ4v) is 1.56. The van der Waals surface area contributed by atoms with Gasteiger partial charge in [0, 0.05) is 6.20 Å². The Hall–Kier alpha value is -1.49. The number of aromatic nitrogens is 1. The molecule has 0 saturated carbocycles. The first-order chi connectivity index (χ1) is 7.95. The second-order valence-electron chi connectivity index (χ2n) is 3.91. The van der Waals surface area contributed by atoms with Crippen LogP contribution in [0, 0.1) is 5.92 Å². The van der Waals surface area contributed by atoms with Gasteiger partial charge in [0.1, 0.15) is 11.7 Å².